The van der Waals surface area contributed by atoms with Crippen molar-refractivity contribution in [1.82, 2.24) is 0 Å². The van der Waals surface area contributed by atoms with Crippen molar-refractivity contribution in [3.63, 3.8) is 0 Å². The number of halogens is 2. The Bertz CT molecular complexity index is 1140. The average molecular weight is 436 g/mol. The van der Waals surface area contributed by atoms with Gasteiger partial charge in [0, 0.05) is 33.9 Å². The van der Waals surface area contributed by atoms with Gasteiger partial charge < -0.3 is 0 Å². The van der Waals surface area contributed by atoms with Crippen molar-refractivity contribution in [3.8, 4) is 11.3 Å². The van der Waals surface area contributed by atoms with Crippen molar-refractivity contribution in [2.45, 2.75) is 4.34 Å². The first-order valence-corrected chi connectivity index (χ1v) is 10.1. The summed E-state index contributed by atoms with van der Waals surface area (Å²) in [5.74, 6) is -0.191. The molecule has 2 aromatic carbocycles. The van der Waals surface area contributed by atoms with E-state index in [4.69, 9.17) is 23.2 Å². The third-order valence-corrected chi connectivity index (χ3v) is 6.60. The van der Waals surface area contributed by atoms with Crippen LogP contribution in [0.1, 0.15) is 10.4 Å². The fraction of sp³-hybridized carbons (Fsp3) is 0. The normalized spacial score (nSPS) is 14.6. The lowest BCUT2D eigenvalue weighted by molar-refractivity contribution is -0.588. The number of nitro groups is 1. The maximum absolute atomic E-state index is 12.9. The first kappa shape index (κ1) is 18.2. The van der Waals surface area contributed by atoms with Crippen LogP contribution in [0.4, 0.5) is 5.69 Å². The van der Waals surface area contributed by atoms with Crippen LogP contribution in [0.25, 0.3) is 17.3 Å². The summed E-state index contributed by atoms with van der Waals surface area (Å²) in [5, 5.41) is 13.8. The van der Waals surface area contributed by atoms with Crippen LogP contribution in [-0.4, -0.2) is 10.8 Å². The van der Waals surface area contributed by atoms with Crippen molar-refractivity contribution in [3.05, 3.63) is 78.5 Å². The summed E-state index contributed by atoms with van der Waals surface area (Å²) in [6.45, 7) is 0. The van der Waals surface area contributed by atoms with E-state index in [-0.39, 0.29) is 11.6 Å². The summed E-state index contributed by atoms with van der Waals surface area (Å²) in [6, 6.07) is 11.3. The number of rotatable bonds is 3. The van der Waals surface area contributed by atoms with Crippen LogP contribution in [0.3, 0.4) is 0 Å². The smallest absolute Gasteiger partial charge is 0.258 e. The Labute approximate surface area is 172 Å². The molecule has 0 amide bonds. The van der Waals surface area contributed by atoms with Crippen LogP contribution >= 0.6 is 46.3 Å². The number of nitrogens with zero attached hydrogens (tertiary/aromatic N) is 2. The Morgan fingerprint density at radius 3 is 2.70 bits per heavy atom. The quantitative estimate of drug-likeness (QED) is 0.229. The molecule has 4 rings (SSSR count). The molecule has 27 heavy (non-hydrogen) atoms. The summed E-state index contributed by atoms with van der Waals surface area (Å²) in [7, 11) is 0. The van der Waals surface area contributed by atoms with Gasteiger partial charge >= 0.3 is 10.2 Å². The van der Waals surface area contributed by atoms with Gasteiger partial charge in [-0.05, 0) is 29.8 Å². The molecule has 5 nitrogen and oxygen atoms in total. The van der Waals surface area contributed by atoms with Gasteiger partial charge in [-0.3, -0.25) is 10.1 Å². The van der Waals surface area contributed by atoms with E-state index in [1.165, 1.54) is 35.2 Å². The lowest BCUT2D eigenvalue weighted by Gasteiger charge is -1.99. The zero-order valence-corrected chi connectivity index (χ0v) is 16.5. The van der Waals surface area contributed by atoms with Crippen LogP contribution in [0.2, 0.25) is 10.0 Å². The zero-order chi connectivity index (χ0) is 19.1. The van der Waals surface area contributed by atoms with Gasteiger partial charge in [0.2, 0.25) is 5.69 Å². The van der Waals surface area contributed by atoms with Crippen molar-refractivity contribution in [1.29, 1.82) is 0 Å². The molecule has 134 valence electrons. The number of fused-ring (bicyclic) bond motifs is 1. The minimum atomic E-state index is -0.453. The molecule has 1 aliphatic rings. The van der Waals surface area contributed by atoms with Gasteiger partial charge in [-0.25, -0.2) is 4.79 Å². The van der Waals surface area contributed by atoms with Crippen molar-refractivity contribution >= 4 is 64.0 Å². The lowest BCUT2D eigenvalue weighted by atomic mass is 10.1. The molecular formula is C18H9Cl2N2O3S2+. The second-order valence-electron chi connectivity index (χ2n) is 5.61. The number of nitro benzene ring substituents is 1. The van der Waals surface area contributed by atoms with E-state index in [1.807, 2.05) is 5.38 Å². The van der Waals surface area contributed by atoms with Gasteiger partial charge in [-0.2, -0.15) is 0 Å². The minimum Gasteiger partial charge on any atom is -0.258 e. The molecule has 0 spiro atoms. The number of benzene rings is 2. The van der Waals surface area contributed by atoms with Gasteiger partial charge in [0.25, 0.3) is 5.69 Å². The maximum atomic E-state index is 12.9. The fourth-order valence-electron chi connectivity index (χ4n) is 2.65. The number of allylic oxidation sites excluding steroid dienone is 1. The molecule has 2 heterocycles. The summed E-state index contributed by atoms with van der Waals surface area (Å²) in [5.41, 5.74) is 1.92. The number of thiazole rings is 1. The molecule has 9 heteroatoms. The molecule has 1 aromatic heterocycles. The van der Waals surface area contributed by atoms with Gasteiger partial charge in [-0.15, -0.1) is 4.57 Å². The summed E-state index contributed by atoms with van der Waals surface area (Å²) < 4.78 is 2.36. The molecule has 0 saturated heterocycles. The number of hydrogen-bond donors (Lipinski definition) is 0. The van der Waals surface area contributed by atoms with E-state index in [1.54, 1.807) is 41.0 Å². The largest absolute Gasteiger partial charge is 0.433 e. The molecule has 0 bridgehead atoms. The van der Waals surface area contributed by atoms with E-state index in [0.717, 1.165) is 4.34 Å². The highest BCUT2D eigenvalue weighted by Gasteiger charge is 2.41. The molecule has 0 saturated carbocycles. The average Bonchev–Trinajstić information content (AvgIpc) is 3.18. The van der Waals surface area contributed by atoms with Crippen LogP contribution in [0.5, 0.6) is 0 Å². The summed E-state index contributed by atoms with van der Waals surface area (Å²) >= 11 is 14.9. The first-order chi connectivity index (χ1) is 12.9. The van der Waals surface area contributed by atoms with E-state index < -0.39 is 4.92 Å². The summed E-state index contributed by atoms with van der Waals surface area (Å²) in [4.78, 5) is 24.0. The Morgan fingerprint density at radius 1 is 1.15 bits per heavy atom. The number of thioether (sulfide) groups is 1. The maximum Gasteiger partial charge on any atom is 0.433 e. The highest BCUT2D eigenvalue weighted by Crippen LogP contribution is 2.39. The number of non-ortho nitro benzene ring substituents is 1. The third-order valence-electron chi connectivity index (χ3n) is 3.91. The van der Waals surface area contributed by atoms with Crippen molar-refractivity contribution in [2.24, 2.45) is 0 Å². The van der Waals surface area contributed by atoms with Crippen LogP contribution in [-0.2, 0) is 0 Å². The SMILES string of the molecule is O=C1/C(=C\c2ccc(Cl)cc2Cl)Sc2scc(-c3cccc([N+](=O)[O-])c3)[n+]21. The van der Waals surface area contributed by atoms with Crippen LogP contribution in [0.15, 0.2) is 57.1 Å². The lowest BCUT2D eigenvalue weighted by Crippen LogP contribution is -2.40. The fourth-order valence-corrected chi connectivity index (χ4v) is 5.28. The topological polar surface area (TPSA) is 64.1 Å². The number of aromatic nitrogens is 1. The Kier molecular flexibility index (Phi) is 4.77. The van der Waals surface area contributed by atoms with E-state index in [2.05, 4.69) is 0 Å². The van der Waals surface area contributed by atoms with Crippen LogP contribution in [0, 0.1) is 10.1 Å². The number of hydrogen-bond acceptors (Lipinski definition) is 5. The highest BCUT2D eigenvalue weighted by atomic mass is 35.5. The Morgan fingerprint density at radius 2 is 1.96 bits per heavy atom. The summed E-state index contributed by atoms with van der Waals surface area (Å²) in [6.07, 6.45) is 1.72. The molecule has 0 N–H and O–H groups in total. The van der Waals surface area contributed by atoms with E-state index in [9.17, 15) is 14.9 Å². The number of carbonyl (C=O) groups excluding carboxylic acids is 1. The molecule has 0 aliphatic carbocycles. The number of carbonyl (C=O) groups is 1. The Hall–Kier alpha value is -2.19. The van der Waals surface area contributed by atoms with Crippen molar-refractivity contribution in [2.75, 3.05) is 0 Å². The first-order valence-electron chi connectivity index (χ1n) is 7.62. The highest BCUT2D eigenvalue weighted by molar-refractivity contribution is 8.05. The van der Waals surface area contributed by atoms with E-state index >= 15 is 0 Å². The molecule has 1 aliphatic heterocycles. The second kappa shape index (κ2) is 7.09. The van der Waals surface area contributed by atoms with Gasteiger partial charge in [0.15, 0.2) is 0 Å². The molecule has 0 radical (unpaired) electrons. The molecule has 0 unspecified atom stereocenters. The third kappa shape index (κ3) is 3.39. The predicted octanol–water partition coefficient (Wildman–Crippen LogP) is 5.70. The minimum absolute atomic E-state index is 0.0186. The Balaban J connectivity index is 1.73. The standard InChI is InChI=1S/C18H9Cl2N2O3S2/c19-12-5-4-10(14(20)8-12)7-16-17(23)21-15(9-26-18(21)27-16)11-2-1-3-13(6-11)22(24)25/h1-9H/q+1/b16-7+. The molecular weight excluding hydrogens is 427 g/mol. The van der Waals surface area contributed by atoms with Crippen LogP contribution < -0.4 is 4.57 Å². The predicted molar refractivity (Wildman–Crippen MR) is 108 cm³/mol. The molecule has 0 atom stereocenters. The molecule has 0 fully saturated rings. The van der Waals surface area contributed by atoms with Gasteiger partial charge in [0.05, 0.1) is 15.9 Å². The second-order valence-corrected chi connectivity index (χ2v) is 8.60. The van der Waals surface area contributed by atoms with Gasteiger partial charge in [-0.1, -0.05) is 46.7 Å². The van der Waals surface area contributed by atoms with Gasteiger partial charge in [0.1, 0.15) is 4.91 Å². The van der Waals surface area contributed by atoms with Crippen molar-refractivity contribution < 1.29 is 14.3 Å². The molecule has 3 aromatic rings. The zero-order valence-electron chi connectivity index (χ0n) is 13.4. The monoisotopic (exact) mass is 435 g/mol. The van der Waals surface area contributed by atoms with E-state index in [0.29, 0.717) is 31.8 Å².